The van der Waals surface area contributed by atoms with Crippen molar-refractivity contribution < 1.29 is 13.2 Å². The zero-order chi connectivity index (χ0) is 12.5. The molecule has 2 atom stereocenters. The van der Waals surface area contributed by atoms with Crippen LogP contribution in [0, 0.1) is 0 Å². The topological polar surface area (TPSA) is 15.3 Å². The molecule has 2 unspecified atom stereocenters. The lowest BCUT2D eigenvalue weighted by Gasteiger charge is -2.19. The normalized spacial score (nSPS) is 31.1. The van der Waals surface area contributed by atoms with Crippen LogP contribution in [0.5, 0.6) is 0 Å². The molecular weight excluding hydrogens is 229 g/mol. The minimum Gasteiger partial charge on any atom is -0.313 e. The van der Waals surface area contributed by atoms with Crippen LogP contribution >= 0.6 is 0 Å². The number of halogens is 3. The molecular formula is C12H21F3N2. The summed E-state index contributed by atoms with van der Waals surface area (Å²) >= 11 is 0. The van der Waals surface area contributed by atoms with Crippen LogP contribution in [-0.2, 0) is 0 Å². The second kappa shape index (κ2) is 5.14. The smallest absolute Gasteiger partial charge is 0.313 e. The molecule has 0 aromatic carbocycles. The Labute approximate surface area is 101 Å². The molecule has 0 aromatic heterocycles. The Balaban J connectivity index is 1.61. The fourth-order valence-electron chi connectivity index (χ4n) is 2.71. The molecule has 17 heavy (non-hydrogen) atoms. The van der Waals surface area contributed by atoms with Gasteiger partial charge in [-0.1, -0.05) is 0 Å². The SMILES string of the molecule is CC1CC(NCCCC(F)(F)F)CN1C1CC1. The fraction of sp³-hybridized carbons (Fsp3) is 1.00. The molecule has 100 valence electrons. The van der Waals surface area contributed by atoms with E-state index < -0.39 is 12.6 Å². The van der Waals surface area contributed by atoms with Crippen molar-refractivity contribution in [2.24, 2.45) is 0 Å². The van der Waals surface area contributed by atoms with E-state index in [1.807, 2.05) is 0 Å². The number of alkyl halides is 3. The van der Waals surface area contributed by atoms with Gasteiger partial charge < -0.3 is 5.32 Å². The highest BCUT2D eigenvalue weighted by molar-refractivity contribution is 4.95. The molecule has 1 saturated carbocycles. The van der Waals surface area contributed by atoms with Crippen LogP contribution in [0.4, 0.5) is 13.2 Å². The van der Waals surface area contributed by atoms with Gasteiger partial charge in [0.1, 0.15) is 0 Å². The summed E-state index contributed by atoms with van der Waals surface area (Å²) in [5, 5.41) is 3.26. The predicted molar refractivity (Wildman–Crippen MR) is 60.9 cm³/mol. The van der Waals surface area contributed by atoms with Gasteiger partial charge in [0.05, 0.1) is 0 Å². The van der Waals surface area contributed by atoms with E-state index in [1.165, 1.54) is 12.8 Å². The van der Waals surface area contributed by atoms with E-state index in [1.54, 1.807) is 0 Å². The lowest BCUT2D eigenvalue weighted by Crippen LogP contribution is -2.34. The number of hydrogen-bond acceptors (Lipinski definition) is 2. The van der Waals surface area contributed by atoms with Crippen LogP contribution in [0.1, 0.15) is 39.0 Å². The molecule has 5 heteroatoms. The van der Waals surface area contributed by atoms with E-state index in [0.29, 0.717) is 18.6 Å². The summed E-state index contributed by atoms with van der Waals surface area (Å²) in [6.07, 6.45) is -0.824. The third-order valence-corrected chi connectivity index (χ3v) is 3.71. The lowest BCUT2D eigenvalue weighted by molar-refractivity contribution is -0.135. The Hall–Kier alpha value is -0.290. The van der Waals surface area contributed by atoms with Gasteiger partial charge in [0.2, 0.25) is 0 Å². The van der Waals surface area contributed by atoms with Gasteiger partial charge in [-0.25, -0.2) is 0 Å². The Morgan fingerprint density at radius 3 is 2.59 bits per heavy atom. The van der Waals surface area contributed by atoms with Crippen LogP contribution < -0.4 is 5.32 Å². The number of nitrogens with zero attached hydrogens (tertiary/aromatic N) is 1. The zero-order valence-electron chi connectivity index (χ0n) is 10.3. The van der Waals surface area contributed by atoms with Crippen LogP contribution in [0.15, 0.2) is 0 Å². The summed E-state index contributed by atoms with van der Waals surface area (Å²) in [6, 6.07) is 1.73. The number of likely N-dealkylation sites (tertiary alicyclic amines) is 1. The Bertz CT molecular complexity index is 251. The van der Waals surface area contributed by atoms with Crippen molar-refractivity contribution in [2.75, 3.05) is 13.1 Å². The van der Waals surface area contributed by atoms with Crippen molar-refractivity contribution in [1.82, 2.24) is 10.2 Å². The first-order valence-electron chi connectivity index (χ1n) is 6.51. The lowest BCUT2D eigenvalue weighted by atomic mass is 10.2. The second-order valence-corrected chi connectivity index (χ2v) is 5.38. The van der Waals surface area contributed by atoms with Gasteiger partial charge in [-0.15, -0.1) is 0 Å². The first kappa shape index (κ1) is 13.1. The maximum absolute atomic E-state index is 12.0. The van der Waals surface area contributed by atoms with Crippen molar-refractivity contribution in [3.63, 3.8) is 0 Å². The molecule has 1 aliphatic carbocycles. The molecule has 2 nitrogen and oxygen atoms in total. The van der Waals surface area contributed by atoms with Crippen LogP contribution in [0.25, 0.3) is 0 Å². The minimum absolute atomic E-state index is 0.192. The predicted octanol–water partition coefficient (Wildman–Crippen LogP) is 2.54. The number of nitrogens with one attached hydrogen (secondary N) is 1. The first-order valence-corrected chi connectivity index (χ1v) is 6.51. The van der Waals surface area contributed by atoms with E-state index in [-0.39, 0.29) is 6.42 Å². The maximum Gasteiger partial charge on any atom is 0.389 e. The molecule has 0 spiro atoms. The summed E-state index contributed by atoms with van der Waals surface area (Å²) in [4.78, 5) is 2.50. The van der Waals surface area contributed by atoms with Crippen molar-refractivity contribution in [2.45, 2.75) is 63.3 Å². The highest BCUT2D eigenvalue weighted by Gasteiger charge is 2.38. The van der Waals surface area contributed by atoms with Crippen molar-refractivity contribution in [3.8, 4) is 0 Å². The molecule has 2 aliphatic rings. The first-order chi connectivity index (χ1) is 7.96. The van der Waals surface area contributed by atoms with Crippen LogP contribution in [-0.4, -0.2) is 42.3 Å². The van der Waals surface area contributed by atoms with Crippen molar-refractivity contribution >= 4 is 0 Å². The zero-order valence-corrected chi connectivity index (χ0v) is 10.3. The molecule has 0 bridgehead atoms. The molecule has 1 saturated heterocycles. The van der Waals surface area contributed by atoms with E-state index in [2.05, 4.69) is 17.1 Å². The number of rotatable bonds is 5. The van der Waals surface area contributed by atoms with Gasteiger partial charge in [0.25, 0.3) is 0 Å². The summed E-state index contributed by atoms with van der Waals surface area (Å²) < 4.78 is 35.9. The average molecular weight is 250 g/mol. The maximum atomic E-state index is 12.0. The number of hydrogen-bond donors (Lipinski definition) is 1. The summed E-state index contributed by atoms with van der Waals surface area (Å²) in [5.74, 6) is 0. The van der Waals surface area contributed by atoms with E-state index in [0.717, 1.165) is 19.0 Å². The van der Waals surface area contributed by atoms with Crippen LogP contribution in [0.3, 0.4) is 0 Å². The van der Waals surface area contributed by atoms with Crippen LogP contribution in [0.2, 0.25) is 0 Å². The monoisotopic (exact) mass is 250 g/mol. The average Bonchev–Trinajstić information content (AvgIpc) is 2.97. The van der Waals surface area contributed by atoms with Gasteiger partial charge in [-0.05, 0) is 39.2 Å². The van der Waals surface area contributed by atoms with Gasteiger partial charge in [0, 0.05) is 31.1 Å². The Morgan fingerprint density at radius 2 is 2.00 bits per heavy atom. The quantitative estimate of drug-likeness (QED) is 0.754. The minimum atomic E-state index is -4.01. The van der Waals surface area contributed by atoms with Crippen molar-refractivity contribution in [3.05, 3.63) is 0 Å². The summed E-state index contributed by atoms with van der Waals surface area (Å²) in [5.41, 5.74) is 0. The van der Waals surface area contributed by atoms with Gasteiger partial charge in [0.15, 0.2) is 0 Å². The Kier molecular flexibility index (Phi) is 3.98. The van der Waals surface area contributed by atoms with Crippen molar-refractivity contribution in [1.29, 1.82) is 0 Å². The largest absolute Gasteiger partial charge is 0.389 e. The second-order valence-electron chi connectivity index (χ2n) is 5.38. The standard InChI is InChI=1S/C12H21F3N2/c1-9-7-10(8-17(9)11-3-4-11)16-6-2-5-12(13,14)15/h9-11,16H,2-8H2,1H3. The highest BCUT2D eigenvalue weighted by atomic mass is 19.4. The molecule has 0 amide bonds. The van der Waals surface area contributed by atoms with Gasteiger partial charge >= 0.3 is 6.18 Å². The summed E-state index contributed by atoms with van der Waals surface area (Å²) in [6.45, 7) is 3.71. The molecule has 0 radical (unpaired) electrons. The third kappa shape index (κ3) is 4.14. The molecule has 0 aromatic rings. The highest BCUT2D eigenvalue weighted by Crippen LogP contribution is 2.33. The molecule has 2 rings (SSSR count). The molecule has 2 fully saturated rings. The van der Waals surface area contributed by atoms with Gasteiger partial charge in [-0.3, -0.25) is 4.90 Å². The molecule has 1 N–H and O–H groups in total. The van der Waals surface area contributed by atoms with E-state index in [4.69, 9.17) is 0 Å². The third-order valence-electron chi connectivity index (χ3n) is 3.71. The molecule has 1 heterocycles. The van der Waals surface area contributed by atoms with E-state index >= 15 is 0 Å². The molecule has 1 aliphatic heterocycles. The Morgan fingerprint density at radius 1 is 1.29 bits per heavy atom. The fourth-order valence-corrected chi connectivity index (χ4v) is 2.71. The van der Waals surface area contributed by atoms with E-state index in [9.17, 15) is 13.2 Å². The van der Waals surface area contributed by atoms with Gasteiger partial charge in [-0.2, -0.15) is 13.2 Å². The summed E-state index contributed by atoms with van der Waals surface area (Å²) in [7, 11) is 0.